The topological polar surface area (TPSA) is 38.3 Å². The highest BCUT2D eigenvalue weighted by atomic mass is 35.5. The Labute approximate surface area is 171 Å². The van der Waals surface area contributed by atoms with Gasteiger partial charge >= 0.3 is 0 Å². The third-order valence-corrected chi connectivity index (χ3v) is 5.37. The molecule has 3 nitrogen and oxygen atoms in total. The SMILES string of the molecule is C[C@@H](Oc1ccc(C(C)(C)C)cc1)C(=O)NCCSCc1cccc(Cl)c1. The molecule has 0 heterocycles. The summed E-state index contributed by atoms with van der Waals surface area (Å²) < 4.78 is 5.75. The highest BCUT2D eigenvalue weighted by Crippen LogP contribution is 2.24. The van der Waals surface area contributed by atoms with E-state index in [0.29, 0.717) is 12.3 Å². The molecule has 2 aromatic carbocycles. The molecule has 1 amide bonds. The van der Waals surface area contributed by atoms with Crippen LogP contribution >= 0.6 is 23.4 Å². The molecule has 0 aromatic heterocycles. The zero-order valence-electron chi connectivity index (χ0n) is 16.4. The molecule has 0 saturated carbocycles. The van der Waals surface area contributed by atoms with Gasteiger partial charge in [-0.25, -0.2) is 0 Å². The molecule has 0 radical (unpaired) electrons. The molecule has 1 atom stereocenters. The zero-order chi connectivity index (χ0) is 19.9. The van der Waals surface area contributed by atoms with Crippen LogP contribution in [0.5, 0.6) is 5.75 Å². The monoisotopic (exact) mass is 405 g/mol. The van der Waals surface area contributed by atoms with Crippen LogP contribution in [0.15, 0.2) is 48.5 Å². The molecule has 0 aliphatic carbocycles. The fourth-order valence-corrected chi connectivity index (χ4v) is 3.52. The third-order valence-electron chi connectivity index (χ3n) is 4.11. The van der Waals surface area contributed by atoms with Crippen LogP contribution in [0.25, 0.3) is 0 Å². The van der Waals surface area contributed by atoms with Gasteiger partial charge in [0.2, 0.25) is 0 Å². The lowest BCUT2D eigenvalue weighted by molar-refractivity contribution is -0.127. The molecule has 5 heteroatoms. The van der Waals surface area contributed by atoms with Gasteiger partial charge in [-0.15, -0.1) is 0 Å². The number of amides is 1. The van der Waals surface area contributed by atoms with Crippen molar-refractivity contribution < 1.29 is 9.53 Å². The largest absolute Gasteiger partial charge is 0.481 e. The molecule has 0 spiro atoms. The highest BCUT2D eigenvalue weighted by molar-refractivity contribution is 7.98. The Morgan fingerprint density at radius 1 is 1.19 bits per heavy atom. The van der Waals surface area contributed by atoms with Gasteiger partial charge in [0.1, 0.15) is 5.75 Å². The molecular formula is C22H28ClNO2S. The fraction of sp³-hybridized carbons (Fsp3) is 0.409. The van der Waals surface area contributed by atoms with Crippen LogP contribution in [-0.4, -0.2) is 24.3 Å². The Morgan fingerprint density at radius 2 is 1.89 bits per heavy atom. The minimum atomic E-state index is -0.525. The average molecular weight is 406 g/mol. The first-order valence-corrected chi connectivity index (χ1v) is 10.7. The number of thioether (sulfide) groups is 1. The molecule has 0 fully saturated rings. The Morgan fingerprint density at radius 3 is 2.52 bits per heavy atom. The lowest BCUT2D eigenvalue weighted by Crippen LogP contribution is -2.37. The Balaban J connectivity index is 1.69. The highest BCUT2D eigenvalue weighted by Gasteiger charge is 2.16. The van der Waals surface area contributed by atoms with Crippen molar-refractivity contribution in [2.24, 2.45) is 0 Å². The summed E-state index contributed by atoms with van der Waals surface area (Å²) >= 11 is 7.74. The van der Waals surface area contributed by atoms with Gasteiger partial charge in [0, 0.05) is 23.1 Å². The minimum absolute atomic E-state index is 0.0988. The van der Waals surface area contributed by atoms with Crippen molar-refractivity contribution in [2.75, 3.05) is 12.3 Å². The summed E-state index contributed by atoms with van der Waals surface area (Å²) in [5.74, 6) is 2.33. The summed E-state index contributed by atoms with van der Waals surface area (Å²) in [6, 6.07) is 15.8. The lowest BCUT2D eigenvalue weighted by Gasteiger charge is -2.20. The van der Waals surface area contributed by atoms with E-state index in [4.69, 9.17) is 16.3 Å². The van der Waals surface area contributed by atoms with Crippen LogP contribution < -0.4 is 10.1 Å². The minimum Gasteiger partial charge on any atom is -0.481 e. The molecular weight excluding hydrogens is 378 g/mol. The Kier molecular flexibility index (Phi) is 8.06. The van der Waals surface area contributed by atoms with E-state index in [0.717, 1.165) is 16.5 Å². The maximum Gasteiger partial charge on any atom is 0.260 e. The first kappa shape index (κ1) is 21.6. The lowest BCUT2D eigenvalue weighted by atomic mass is 9.87. The van der Waals surface area contributed by atoms with Gasteiger partial charge in [0.05, 0.1) is 0 Å². The molecule has 2 rings (SSSR count). The maximum atomic E-state index is 12.2. The second kappa shape index (κ2) is 10.0. The second-order valence-corrected chi connectivity index (χ2v) is 9.05. The van der Waals surface area contributed by atoms with E-state index < -0.39 is 6.10 Å². The molecule has 27 heavy (non-hydrogen) atoms. The van der Waals surface area contributed by atoms with Gasteiger partial charge in [-0.1, -0.05) is 56.6 Å². The van der Waals surface area contributed by atoms with Crippen LogP contribution in [0, 0.1) is 0 Å². The second-order valence-electron chi connectivity index (χ2n) is 7.51. The van der Waals surface area contributed by atoms with E-state index in [9.17, 15) is 4.79 Å². The Hall–Kier alpha value is -1.65. The number of carbonyl (C=O) groups is 1. The smallest absolute Gasteiger partial charge is 0.260 e. The summed E-state index contributed by atoms with van der Waals surface area (Å²) in [6.45, 7) is 8.89. The van der Waals surface area contributed by atoms with Crippen molar-refractivity contribution in [3.8, 4) is 5.75 Å². The number of rotatable bonds is 8. The van der Waals surface area contributed by atoms with Gasteiger partial charge in [-0.05, 0) is 47.7 Å². The van der Waals surface area contributed by atoms with Crippen LogP contribution in [0.4, 0.5) is 0 Å². The zero-order valence-corrected chi connectivity index (χ0v) is 18.0. The quantitative estimate of drug-likeness (QED) is 0.593. The van der Waals surface area contributed by atoms with Crippen LogP contribution in [0.3, 0.4) is 0 Å². The molecule has 0 bridgehead atoms. The standard InChI is InChI=1S/C22H28ClNO2S/c1-16(26-20-10-8-18(9-11-20)22(2,3)4)21(25)24-12-13-27-15-17-6-5-7-19(23)14-17/h5-11,14,16H,12-13,15H2,1-4H3,(H,24,25)/t16-/m1/s1. The number of hydrogen-bond acceptors (Lipinski definition) is 3. The van der Waals surface area contributed by atoms with Crippen molar-refractivity contribution in [2.45, 2.75) is 45.0 Å². The summed E-state index contributed by atoms with van der Waals surface area (Å²) in [5, 5.41) is 3.68. The number of benzene rings is 2. The van der Waals surface area contributed by atoms with Gasteiger partial charge < -0.3 is 10.1 Å². The van der Waals surface area contributed by atoms with E-state index in [-0.39, 0.29) is 11.3 Å². The molecule has 1 N–H and O–H groups in total. The van der Waals surface area contributed by atoms with Crippen molar-refractivity contribution in [1.29, 1.82) is 0 Å². The third kappa shape index (κ3) is 7.47. The maximum absolute atomic E-state index is 12.2. The Bertz CT molecular complexity index is 741. The van der Waals surface area contributed by atoms with E-state index >= 15 is 0 Å². The van der Waals surface area contributed by atoms with Gasteiger partial charge in [0.25, 0.3) is 5.91 Å². The molecule has 2 aromatic rings. The summed E-state index contributed by atoms with van der Waals surface area (Å²) in [5.41, 5.74) is 2.53. The number of ether oxygens (including phenoxy) is 1. The van der Waals surface area contributed by atoms with E-state index in [1.807, 2.05) is 42.5 Å². The average Bonchev–Trinajstić information content (AvgIpc) is 2.61. The molecule has 0 aliphatic heterocycles. The molecule has 146 valence electrons. The van der Waals surface area contributed by atoms with Crippen LogP contribution in [0.1, 0.15) is 38.8 Å². The number of hydrogen-bond donors (Lipinski definition) is 1. The van der Waals surface area contributed by atoms with Crippen molar-refractivity contribution in [1.82, 2.24) is 5.32 Å². The summed E-state index contributed by atoms with van der Waals surface area (Å²) in [6.07, 6.45) is -0.525. The molecule has 0 saturated heterocycles. The van der Waals surface area contributed by atoms with Crippen molar-refractivity contribution >= 4 is 29.3 Å². The first-order valence-electron chi connectivity index (χ1n) is 9.13. The summed E-state index contributed by atoms with van der Waals surface area (Å²) in [4.78, 5) is 12.2. The van der Waals surface area contributed by atoms with Gasteiger partial charge in [0.15, 0.2) is 6.10 Å². The predicted octanol–water partition coefficient (Wildman–Crippen LogP) is 5.45. The molecule has 0 aliphatic rings. The van der Waals surface area contributed by atoms with Crippen molar-refractivity contribution in [3.63, 3.8) is 0 Å². The van der Waals surface area contributed by atoms with E-state index in [2.05, 4.69) is 32.2 Å². The summed E-state index contributed by atoms with van der Waals surface area (Å²) in [7, 11) is 0. The number of carbonyl (C=O) groups excluding carboxylic acids is 1. The van der Waals surface area contributed by atoms with Crippen LogP contribution in [0.2, 0.25) is 5.02 Å². The first-order chi connectivity index (χ1) is 12.8. The van der Waals surface area contributed by atoms with E-state index in [1.54, 1.807) is 18.7 Å². The van der Waals surface area contributed by atoms with Gasteiger partial charge in [-0.3, -0.25) is 4.79 Å². The van der Waals surface area contributed by atoms with Crippen molar-refractivity contribution in [3.05, 3.63) is 64.7 Å². The number of nitrogens with one attached hydrogen (secondary N) is 1. The molecule has 0 unspecified atom stereocenters. The van der Waals surface area contributed by atoms with Gasteiger partial charge in [-0.2, -0.15) is 11.8 Å². The predicted molar refractivity (Wildman–Crippen MR) is 116 cm³/mol. The normalized spacial score (nSPS) is 12.5. The number of halogens is 1. The van der Waals surface area contributed by atoms with Crippen LogP contribution in [-0.2, 0) is 16.0 Å². The fourth-order valence-electron chi connectivity index (χ4n) is 2.50. The van der Waals surface area contributed by atoms with E-state index in [1.165, 1.54) is 11.1 Å².